The molecule has 1 unspecified atom stereocenters. The zero-order chi connectivity index (χ0) is 11.3. The summed E-state index contributed by atoms with van der Waals surface area (Å²) in [5, 5.41) is 9.42. The molecular weight excluding hydrogens is 188 g/mol. The summed E-state index contributed by atoms with van der Waals surface area (Å²) >= 11 is 0. The summed E-state index contributed by atoms with van der Waals surface area (Å²) in [7, 11) is 0. The van der Waals surface area contributed by atoms with E-state index >= 15 is 0 Å². The molecule has 0 aliphatic carbocycles. The van der Waals surface area contributed by atoms with Crippen LogP contribution < -0.4 is 4.74 Å². The van der Waals surface area contributed by atoms with Crippen LogP contribution in [0.3, 0.4) is 0 Å². The third-order valence-corrected chi connectivity index (χ3v) is 2.44. The second-order valence-corrected chi connectivity index (χ2v) is 4.07. The Bertz CT molecular complexity index is 294. The summed E-state index contributed by atoms with van der Waals surface area (Å²) < 4.78 is 5.60. The van der Waals surface area contributed by atoms with Gasteiger partial charge in [-0.25, -0.2) is 0 Å². The SMILES string of the molecule is CCC(O)COc1ccccc1C(C)C. The molecule has 0 radical (unpaired) electrons. The molecule has 0 spiro atoms. The minimum absolute atomic E-state index is 0.370. The molecule has 0 saturated heterocycles. The van der Waals surface area contributed by atoms with Gasteiger partial charge in [-0.15, -0.1) is 0 Å². The van der Waals surface area contributed by atoms with Gasteiger partial charge in [0, 0.05) is 0 Å². The third-order valence-electron chi connectivity index (χ3n) is 2.44. The van der Waals surface area contributed by atoms with Crippen molar-refractivity contribution in [3.8, 4) is 5.75 Å². The topological polar surface area (TPSA) is 29.5 Å². The highest BCUT2D eigenvalue weighted by atomic mass is 16.5. The molecule has 0 heterocycles. The Morgan fingerprint density at radius 3 is 2.53 bits per heavy atom. The van der Waals surface area contributed by atoms with Crippen LogP contribution in [0.4, 0.5) is 0 Å². The Hall–Kier alpha value is -1.02. The van der Waals surface area contributed by atoms with Gasteiger partial charge in [0.05, 0.1) is 6.10 Å². The summed E-state index contributed by atoms with van der Waals surface area (Å²) in [6.45, 7) is 6.60. The first-order chi connectivity index (χ1) is 7.15. The summed E-state index contributed by atoms with van der Waals surface area (Å²) in [5.74, 6) is 1.33. The largest absolute Gasteiger partial charge is 0.491 e. The van der Waals surface area contributed by atoms with E-state index in [2.05, 4.69) is 19.9 Å². The minimum Gasteiger partial charge on any atom is -0.491 e. The van der Waals surface area contributed by atoms with E-state index in [0.717, 1.165) is 12.2 Å². The maximum absolute atomic E-state index is 9.42. The van der Waals surface area contributed by atoms with Gasteiger partial charge in [0.15, 0.2) is 0 Å². The lowest BCUT2D eigenvalue weighted by Gasteiger charge is -2.15. The van der Waals surface area contributed by atoms with E-state index in [1.165, 1.54) is 5.56 Å². The number of aliphatic hydroxyl groups excluding tert-OH is 1. The first-order valence-corrected chi connectivity index (χ1v) is 5.55. The Labute approximate surface area is 91.9 Å². The van der Waals surface area contributed by atoms with E-state index in [9.17, 15) is 5.11 Å². The standard InChI is InChI=1S/C13H20O2/c1-4-11(14)9-15-13-8-6-5-7-12(13)10(2)3/h5-8,10-11,14H,4,9H2,1-3H3. The van der Waals surface area contributed by atoms with Gasteiger partial charge in [0.1, 0.15) is 12.4 Å². The number of aliphatic hydroxyl groups is 1. The van der Waals surface area contributed by atoms with Crippen LogP contribution in [0.5, 0.6) is 5.75 Å². The number of benzene rings is 1. The average molecular weight is 208 g/mol. The van der Waals surface area contributed by atoms with Crippen LogP contribution in [-0.2, 0) is 0 Å². The molecule has 0 fully saturated rings. The molecule has 1 aromatic carbocycles. The van der Waals surface area contributed by atoms with Gasteiger partial charge in [0.2, 0.25) is 0 Å². The number of hydrogen-bond donors (Lipinski definition) is 1. The first kappa shape index (κ1) is 12.1. The molecule has 15 heavy (non-hydrogen) atoms. The molecule has 0 saturated carbocycles. The lowest BCUT2D eigenvalue weighted by atomic mass is 10.0. The van der Waals surface area contributed by atoms with Crippen molar-refractivity contribution in [1.29, 1.82) is 0 Å². The van der Waals surface area contributed by atoms with Crippen molar-refractivity contribution >= 4 is 0 Å². The maximum atomic E-state index is 9.42. The molecule has 0 aromatic heterocycles. The third kappa shape index (κ3) is 3.56. The zero-order valence-corrected chi connectivity index (χ0v) is 9.73. The van der Waals surface area contributed by atoms with E-state index in [1.54, 1.807) is 0 Å². The molecule has 0 aliphatic rings. The first-order valence-electron chi connectivity index (χ1n) is 5.55. The van der Waals surface area contributed by atoms with Crippen LogP contribution in [0.1, 0.15) is 38.7 Å². The van der Waals surface area contributed by atoms with Crippen LogP contribution in [0.25, 0.3) is 0 Å². The van der Waals surface area contributed by atoms with Crippen LogP contribution in [-0.4, -0.2) is 17.8 Å². The number of para-hydroxylation sites is 1. The van der Waals surface area contributed by atoms with Crippen molar-refractivity contribution in [3.05, 3.63) is 29.8 Å². The van der Waals surface area contributed by atoms with Gasteiger partial charge in [-0.1, -0.05) is 39.0 Å². The molecular formula is C13H20O2. The van der Waals surface area contributed by atoms with Gasteiger partial charge in [-0.2, -0.15) is 0 Å². The van der Waals surface area contributed by atoms with Gasteiger partial charge < -0.3 is 9.84 Å². The highest BCUT2D eigenvalue weighted by Gasteiger charge is 2.08. The Kier molecular flexibility index (Phi) is 4.63. The van der Waals surface area contributed by atoms with Crippen molar-refractivity contribution in [3.63, 3.8) is 0 Å². The molecule has 1 atom stereocenters. The van der Waals surface area contributed by atoms with Crippen molar-refractivity contribution in [2.24, 2.45) is 0 Å². The number of hydrogen-bond acceptors (Lipinski definition) is 2. The normalized spacial score (nSPS) is 12.9. The number of rotatable bonds is 5. The lowest BCUT2D eigenvalue weighted by molar-refractivity contribution is 0.104. The van der Waals surface area contributed by atoms with Crippen molar-refractivity contribution < 1.29 is 9.84 Å². The van der Waals surface area contributed by atoms with Crippen LogP contribution >= 0.6 is 0 Å². The summed E-state index contributed by atoms with van der Waals surface area (Å²) in [5.41, 5.74) is 1.20. The fraction of sp³-hybridized carbons (Fsp3) is 0.538. The molecule has 0 amide bonds. The fourth-order valence-electron chi connectivity index (χ4n) is 1.39. The molecule has 2 nitrogen and oxygen atoms in total. The quantitative estimate of drug-likeness (QED) is 0.806. The number of ether oxygens (including phenoxy) is 1. The van der Waals surface area contributed by atoms with Crippen molar-refractivity contribution in [1.82, 2.24) is 0 Å². The second kappa shape index (κ2) is 5.76. The summed E-state index contributed by atoms with van der Waals surface area (Å²) in [6, 6.07) is 7.99. The molecule has 0 bridgehead atoms. The Morgan fingerprint density at radius 1 is 1.27 bits per heavy atom. The Morgan fingerprint density at radius 2 is 1.93 bits per heavy atom. The molecule has 1 rings (SSSR count). The van der Waals surface area contributed by atoms with Gasteiger partial charge in [-0.05, 0) is 24.0 Å². The Balaban J connectivity index is 2.67. The fourth-order valence-corrected chi connectivity index (χ4v) is 1.39. The zero-order valence-electron chi connectivity index (χ0n) is 9.73. The predicted molar refractivity (Wildman–Crippen MR) is 62.3 cm³/mol. The maximum Gasteiger partial charge on any atom is 0.122 e. The minimum atomic E-state index is -0.370. The van der Waals surface area contributed by atoms with E-state index in [1.807, 2.05) is 25.1 Å². The van der Waals surface area contributed by atoms with Gasteiger partial charge in [-0.3, -0.25) is 0 Å². The predicted octanol–water partition coefficient (Wildman–Crippen LogP) is 2.96. The highest BCUT2D eigenvalue weighted by molar-refractivity contribution is 5.35. The molecule has 2 heteroatoms. The van der Waals surface area contributed by atoms with Crippen LogP contribution in [0.15, 0.2) is 24.3 Å². The molecule has 0 aliphatic heterocycles. The van der Waals surface area contributed by atoms with E-state index in [4.69, 9.17) is 4.74 Å². The van der Waals surface area contributed by atoms with E-state index in [0.29, 0.717) is 12.5 Å². The smallest absolute Gasteiger partial charge is 0.122 e. The molecule has 84 valence electrons. The van der Waals surface area contributed by atoms with E-state index in [-0.39, 0.29) is 6.10 Å². The van der Waals surface area contributed by atoms with Crippen LogP contribution in [0.2, 0.25) is 0 Å². The monoisotopic (exact) mass is 208 g/mol. The lowest BCUT2D eigenvalue weighted by Crippen LogP contribution is -2.16. The van der Waals surface area contributed by atoms with Crippen molar-refractivity contribution in [2.45, 2.75) is 39.2 Å². The van der Waals surface area contributed by atoms with E-state index < -0.39 is 0 Å². The molecule has 1 aromatic rings. The van der Waals surface area contributed by atoms with Crippen LogP contribution in [0, 0.1) is 0 Å². The van der Waals surface area contributed by atoms with Gasteiger partial charge >= 0.3 is 0 Å². The molecule has 1 N–H and O–H groups in total. The summed E-state index contributed by atoms with van der Waals surface area (Å²) in [4.78, 5) is 0. The van der Waals surface area contributed by atoms with Gasteiger partial charge in [0.25, 0.3) is 0 Å². The second-order valence-electron chi connectivity index (χ2n) is 4.07. The average Bonchev–Trinajstić information content (AvgIpc) is 2.26. The van der Waals surface area contributed by atoms with Crippen molar-refractivity contribution in [2.75, 3.05) is 6.61 Å². The summed E-state index contributed by atoms with van der Waals surface area (Å²) in [6.07, 6.45) is 0.356. The highest BCUT2D eigenvalue weighted by Crippen LogP contribution is 2.25.